The predicted octanol–water partition coefficient (Wildman–Crippen LogP) is 17.8. The van der Waals surface area contributed by atoms with Crippen LogP contribution in [0.1, 0.15) is 5.56 Å². The lowest BCUT2D eigenvalue weighted by Crippen LogP contribution is -2.14. The van der Waals surface area contributed by atoms with E-state index in [4.69, 9.17) is 0 Å². The van der Waals surface area contributed by atoms with Gasteiger partial charge in [0.05, 0.1) is 22.1 Å². The van der Waals surface area contributed by atoms with Crippen LogP contribution < -0.4 is 4.90 Å². The second kappa shape index (κ2) is 17.6. The summed E-state index contributed by atoms with van der Waals surface area (Å²) in [6.45, 7) is 9.08. The van der Waals surface area contributed by atoms with Gasteiger partial charge in [0, 0.05) is 50.0 Å². The van der Waals surface area contributed by atoms with Crippen molar-refractivity contribution in [3.05, 3.63) is 285 Å². The van der Waals surface area contributed by atoms with E-state index in [9.17, 15) is 0 Å². The monoisotopic (exact) mass is 881 g/mol. The zero-order valence-corrected chi connectivity index (χ0v) is 38.1. The van der Waals surface area contributed by atoms with Gasteiger partial charge < -0.3 is 14.0 Å². The van der Waals surface area contributed by atoms with E-state index in [1.165, 1.54) is 71.4 Å². The summed E-state index contributed by atoms with van der Waals surface area (Å²) in [5, 5.41) is 4.97. The minimum Gasteiger partial charge on any atom is -0.311 e. The number of para-hydroxylation sites is 3. The third-order valence-electron chi connectivity index (χ3n) is 13.4. The van der Waals surface area contributed by atoms with Crippen LogP contribution in [0.15, 0.2) is 280 Å². The lowest BCUT2D eigenvalue weighted by atomic mass is 9.99. The molecule has 0 aliphatic rings. The van der Waals surface area contributed by atoms with Gasteiger partial charge in [-0.3, -0.25) is 0 Å². The first-order valence-corrected chi connectivity index (χ1v) is 23.5. The number of anilines is 2. The third-order valence-corrected chi connectivity index (χ3v) is 13.4. The van der Waals surface area contributed by atoms with E-state index in [2.05, 4.69) is 276 Å². The Bertz CT molecular complexity index is 3740. The summed E-state index contributed by atoms with van der Waals surface area (Å²) in [6, 6.07) is 88.9. The van der Waals surface area contributed by atoms with Gasteiger partial charge in [0.1, 0.15) is 0 Å². The summed E-state index contributed by atoms with van der Waals surface area (Å²) in [5.74, 6) is 0. The number of aromatic nitrogens is 2. The molecule has 0 aliphatic heterocycles. The average molecular weight is 882 g/mol. The molecule has 0 N–H and O–H groups in total. The van der Waals surface area contributed by atoms with Gasteiger partial charge in [0.15, 0.2) is 0 Å². The van der Waals surface area contributed by atoms with E-state index in [0.717, 1.165) is 45.1 Å². The molecule has 2 heterocycles. The molecule has 326 valence electrons. The van der Waals surface area contributed by atoms with Crippen LogP contribution in [0.2, 0.25) is 0 Å². The van der Waals surface area contributed by atoms with Crippen LogP contribution >= 0.6 is 0 Å². The van der Waals surface area contributed by atoms with Crippen molar-refractivity contribution < 1.29 is 0 Å². The number of allylic oxidation sites excluding steroid dienone is 3. The molecule has 0 amide bonds. The molecule has 12 rings (SSSR count). The fourth-order valence-corrected chi connectivity index (χ4v) is 9.97. The molecule has 0 unspecified atom stereocenters. The van der Waals surface area contributed by atoms with E-state index in [1.807, 2.05) is 12.1 Å². The lowest BCUT2D eigenvalue weighted by molar-refractivity contribution is 1.14. The summed E-state index contributed by atoms with van der Waals surface area (Å²) in [4.78, 5) is 2.20. The quantitative estimate of drug-likeness (QED) is 0.118. The lowest BCUT2D eigenvalue weighted by Gasteiger charge is -2.26. The van der Waals surface area contributed by atoms with Crippen molar-refractivity contribution in [3.63, 3.8) is 0 Å². The normalized spacial score (nSPS) is 11.5. The van der Waals surface area contributed by atoms with Crippen LogP contribution in [0.4, 0.5) is 11.4 Å². The molecule has 0 aliphatic carbocycles. The third kappa shape index (κ3) is 7.62. The van der Waals surface area contributed by atoms with Crippen LogP contribution in [-0.4, -0.2) is 9.13 Å². The van der Waals surface area contributed by atoms with Gasteiger partial charge in [-0.15, -0.1) is 0 Å². The summed E-state index contributed by atoms with van der Waals surface area (Å²) < 4.78 is 4.76. The number of benzene rings is 10. The van der Waals surface area contributed by atoms with Crippen LogP contribution in [0.5, 0.6) is 0 Å². The van der Waals surface area contributed by atoms with E-state index in [0.29, 0.717) is 0 Å². The number of hydrogen-bond acceptors (Lipinski definition) is 1. The number of nitrogens with zero attached hydrogens (tertiary/aromatic N) is 3. The van der Waals surface area contributed by atoms with Crippen LogP contribution in [-0.2, 0) is 0 Å². The SMILES string of the molecule is C=C(C=CC(=C)N(c1ccc(-c2ccccc2)cc1)c1ccc(-c2ccccc2)cc1)c1ccc(-c2ccc3c(c2)c2ccccc2n3-c2ccc(-n3c4ccccc4c4ccccc43)cc2)cc1. The minimum atomic E-state index is 0.833. The van der Waals surface area contributed by atoms with Crippen molar-refractivity contribution in [2.75, 3.05) is 4.90 Å². The van der Waals surface area contributed by atoms with Gasteiger partial charge in [-0.25, -0.2) is 0 Å². The zero-order valence-electron chi connectivity index (χ0n) is 38.1. The zero-order chi connectivity index (χ0) is 46.3. The highest BCUT2D eigenvalue weighted by Crippen LogP contribution is 2.38. The number of fused-ring (bicyclic) bond motifs is 6. The molecular formula is C66H47N3. The largest absolute Gasteiger partial charge is 0.311 e. The van der Waals surface area contributed by atoms with E-state index >= 15 is 0 Å². The molecule has 0 fully saturated rings. The van der Waals surface area contributed by atoms with Crippen molar-refractivity contribution in [1.82, 2.24) is 9.13 Å². The van der Waals surface area contributed by atoms with Gasteiger partial charge in [0.25, 0.3) is 0 Å². The van der Waals surface area contributed by atoms with E-state index in [-0.39, 0.29) is 0 Å². The fraction of sp³-hybridized carbons (Fsp3) is 0. The Balaban J connectivity index is 0.811. The maximum Gasteiger partial charge on any atom is 0.0541 e. The standard InChI is InChI=1S/C66H47N3/c1-46(25-26-47(2)67(55-36-31-51(32-37-55)49-15-5-3-6-16-49)56-38-33-52(34-39-56)50-17-7-4-8-18-50)48-27-29-53(30-28-48)54-35-44-66-62(45-54)61-21-11-14-24-65(61)69(66)58-42-40-57(41-43-58)68-63-22-12-9-19-59(63)60-20-10-13-23-64(60)68/h3-45H,1-2H2. The first kappa shape index (κ1) is 41.3. The van der Waals surface area contributed by atoms with Gasteiger partial charge in [-0.05, 0) is 129 Å². The first-order chi connectivity index (χ1) is 34.1. The molecule has 2 aromatic heterocycles. The second-order valence-electron chi connectivity index (χ2n) is 17.6. The van der Waals surface area contributed by atoms with Crippen LogP contribution in [0.25, 0.3) is 93.9 Å². The molecule has 12 aromatic rings. The molecule has 0 radical (unpaired) electrons. The summed E-state index contributed by atoms with van der Waals surface area (Å²) in [7, 11) is 0. The summed E-state index contributed by atoms with van der Waals surface area (Å²) in [5.41, 5.74) is 18.9. The summed E-state index contributed by atoms with van der Waals surface area (Å²) >= 11 is 0. The second-order valence-corrected chi connectivity index (χ2v) is 17.6. The Hall–Kier alpha value is -9.18. The Labute approximate surface area is 402 Å². The van der Waals surface area contributed by atoms with Gasteiger partial charge in [-0.1, -0.05) is 189 Å². The molecule has 0 saturated heterocycles. The highest BCUT2D eigenvalue weighted by atomic mass is 15.1. The Morgan fingerprint density at radius 2 is 0.681 bits per heavy atom. The Kier molecular flexibility index (Phi) is 10.5. The van der Waals surface area contributed by atoms with Crippen LogP contribution in [0, 0.1) is 0 Å². The van der Waals surface area contributed by atoms with Crippen molar-refractivity contribution in [2.45, 2.75) is 0 Å². The molecule has 69 heavy (non-hydrogen) atoms. The Morgan fingerprint density at radius 3 is 1.16 bits per heavy atom. The highest BCUT2D eigenvalue weighted by Gasteiger charge is 2.17. The van der Waals surface area contributed by atoms with Crippen molar-refractivity contribution >= 4 is 60.6 Å². The van der Waals surface area contributed by atoms with E-state index in [1.54, 1.807) is 0 Å². The molecule has 0 atom stereocenters. The molecule has 0 saturated carbocycles. The molecule has 3 nitrogen and oxygen atoms in total. The van der Waals surface area contributed by atoms with E-state index < -0.39 is 0 Å². The Morgan fingerprint density at radius 1 is 0.319 bits per heavy atom. The molecule has 3 heteroatoms. The molecule has 10 aromatic carbocycles. The molecule has 0 spiro atoms. The predicted molar refractivity (Wildman–Crippen MR) is 294 cm³/mol. The average Bonchev–Trinajstić information content (AvgIpc) is 3.94. The highest BCUT2D eigenvalue weighted by molar-refractivity contribution is 6.11. The summed E-state index contributed by atoms with van der Waals surface area (Å²) in [6.07, 6.45) is 4.13. The minimum absolute atomic E-state index is 0.833. The topological polar surface area (TPSA) is 13.1 Å². The van der Waals surface area contributed by atoms with Gasteiger partial charge in [-0.2, -0.15) is 0 Å². The fourth-order valence-electron chi connectivity index (χ4n) is 9.97. The van der Waals surface area contributed by atoms with Crippen LogP contribution in [0.3, 0.4) is 0 Å². The van der Waals surface area contributed by atoms with Gasteiger partial charge >= 0.3 is 0 Å². The molecular weight excluding hydrogens is 835 g/mol. The maximum absolute atomic E-state index is 4.59. The van der Waals surface area contributed by atoms with Crippen molar-refractivity contribution in [3.8, 4) is 44.8 Å². The number of rotatable bonds is 11. The smallest absolute Gasteiger partial charge is 0.0541 e. The van der Waals surface area contributed by atoms with Crippen molar-refractivity contribution in [2.24, 2.45) is 0 Å². The maximum atomic E-state index is 4.59. The first-order valence-electron chi connectivity index (χ1n) is 23.5. The van der Waals surface area contributed by atoms with Gasteiger partial charge in [0.2, 0.25) is 0 Å². The van der Waals surface area contributed by atoms with Crippen molar-refractivity contribution in [1.29, 1.82) is 0 Å². The number of hydrogen-bond donors (Lipinski definition) is 0. The molecule has 0 bridgehead atoms.